The van der Waals surface area contributed by atoms with Crippen LogP contribution in [0.3, 0.4) is 0 Å². The highest BCUT2D eigenvalue weighted by Gasteiger charge is 2.16. The van der Waals surface area contributed by atoms with Crippen molar-refractivity contribution in [1.29, 1.82) is 0 Å². The van der Waals surface area contributed by atoms with E-state index in [1.54, 1.807) is 31.7 Å². The summed E-state index contributed by atoms with van der Waals surface area (Å²) in [6.45, 7) is 4.37. The summed E-state index contributed by atoms with van der Waals surface area (Å²) in [5, 5.41) is 5.51. The van der Waals surface area contributed by atoms with Crippen molar-refractivity contribution in [1.82, 2.24) is 15.2 Å². The lowest BCUT2D eigenvalue weighted by molar-refractivity contribution is 0.0948. The Bertz CT molecular complexity index is 1070. The Morgan fingerprint density at radius 1 is 1.12 bits per heavy atom. The minimum Gasteiger partial charge on any atom is -0.493 e. The molecule has 1 aromatic heterocycles. The highest BCUT2D eigenvalue weighted by atomic mass is 32.1. The van der Waals surface area contributed by atoms with E-state index in [-0.39, 0.29) is 11.7 Å². The van der Waals surface area contributed by atoms with Crippen molar-refractivity contribution in [3.63, 3.8) is 0 Å². The molecule has 6 nitrogen and oxygen atoms in total. The molecule has 8 heteroatoms. The second kappa shape index (κ2) is 13.1. The quantitative estimate of drug-likeness (QED) is 0.342. The van der Waals surface area contributed by atoms with Crippen molar-refractivity contribution in [3.8, 4) is 11.5 Å². The molecule has 1 amide bonds. The maximum atomic E-state index is 14.4. The topological polar surface area (TPSA) is 63.7 Å². The third-order valence-corrected chi connectivity index (χ3v) is 6.31. The smallest absolute Gasteiger partial charge is 0.270 e. The van der Waals surface area contributed by atoms with Crippen LogP contribution in [0.5, 0.6) is 11.5 Å². The molecule has 0 atom stereocenters. The number of hydrogen-bond acceptors (Lipinski definition) is 6. The van der Waals surface area contributed by atoms with Gasteiger partial charge in [0.15, 0.2) is 11.5 Å². The number of thiazole rings is 1. The van der Waals surface area contributed by atoms with Crippen LogP contribution in [0.2, 0.25) is 0 Å². The van der Waals surface area contributed by atoms with Gasteiger partial charge in [0.2, 0.25) is 0 Å². The number of rotatable bonds is 13. The molecule has 1 N–H and O–H groups in total. The van der Waals surface area contributed by atoms with Crippen molar-refractivity contribution < 1.29 is 18.7 Å². The number of nitrogens with zero attached hydrogens (tertiary/aromatic N) is 2. The lowest BCUT2D eigenvalue weighted by Gasteiger charge is -2.22. The van der Waals surface area contributed by atoms with Gasteiger partial charge >= 0.3 is 0 Å². The largest absolute Gasteiger partial charge is 0.493 e. The van der Waals surface area contributed by atoms with Gasteiger partial charge in [-0.15, -0.1) is 11.3 Å². The number of ether oxygens (including phenoxy) is 2. The molecular formula is C26H32FN3O3S. The van der Waals surface area contributed by atoms with E-state index in [2.05, 4.69) is 22.1 Å². The van der Waals surface area contributed by atoms with E-state index in [9.17, 15) is 9.18 Å². The van der Waals surface area contributed by atoms with Crippen LogP contribution in [0, 0.1) is 5.82 Å². The lowest BCUT2D eigenvalue weighted by atomic mass is 10.1. The van der Waals surface area contributed by atoms with Gasteiger partial charge in [-0.3, -0.25) is 9.69 Å². The number of halogens is 1. The molecule has 0 saturated carbocycles. The minimum atomic E-state index is -0.228. The Morgan fingerprint density at radius 3 is 2.65 bits per heavy atom. The van der Waals surface area contributed by atoms with E-state index in [0.717, 1.165) is 29.8 Å². The Labute approximate surface area is 204 Å². The van der Waals surface area contributed by atoms with Crippen LogP contribution in [0.15, 0.2) is 47.8 Å². The van der Waals surface area contributed by atoms with Crippen LogP contribution in [0.4, 0.5) is 4.39 Å². The predicted molar refractivity (Wildman–Crippen MR) is 133 cm³/mol. The Morgan fingerprint density at radius 2 is 1.91 bits per heavy atom. The Balaban J connectivity index is 1.71. The van der Waals surface area contributed by atoms with Crippen LogP contribution < -0.4 is 14.8 Å². The van der Waals surface area contributed by atoms with Gasteiger partial charge in [0.1, 0.15) is 16.5 Å². The number of aromatic nitrogens is 1. The summed E-state index contributed by atoms with van der Waals surface area (Å²) in [4.78, 5) is 19.0. The fourth-order valence-electron chi connectivity index (χ4n) is 3.55. The van der Waals surface area contributed by atoms with E-state index in [1.165, 1.54) is 17.4 Å². The molecule has 1 heterocycles. The summed E-state index contributed by atoms with van der Waals surface area (Å²) in [6.07, 6.45) is 2.70. The number of hydrogen-bond donors (Lipinski definition) is 1. The molecule has 2 aromatic carbocycles. The monoisotopic (exact) mass is 485 g/mol. The van der Waals surface area contributed by atoms with Gasteiger partial charge in [-0.05, 0) is 36.6 Å². The average molecular weight is 486 g/mol. The molecule has 0 fully saturated rings. The number of methoxy groups -OCH3 is 2. The number of carbonyl (C=O) groups is 1. The predicted octanol–water partition coefficient (Wildman–Crippen LogP) is 5.07. The van der Waals surface area contributed by atoms with E-state index >= 15 is 0 Å². The van der Waals surface area contributed by atoms with Crippen LogP contribution in [0.25, 0.3) is 0 Å². The Kier molecular flexibility index (Phi) is 9.85. The van der Waals surface area contributed by atoms with E-state index in [4.69, 9.17) is 9.47 Å². The zero-order chi connectivity index (χ0) is 24.3. The molecule has 0 unspecified atom stereocenters. The second-order valence-corrected chi connectivity index (χ2v) is 8.92. The molecule has 34 heavy (non-hydrogen) atoms. The van der Waals surface area contributed by atoms with Gasteiger partial charge < -0.3 is 14.8 Å². The summed E-state index contributed by atoms with van der Waals surface area (Å²) in [5.74, 6) is 0.983. The van der Waals surface area contributed by atoms with Gasteiger partial charge in [0, 0.05) is 30.6 Å². The number of unbranched alkanes of at least 4 members (excludes halogenated alkanes) is 1. The van der Waals surface area contributed by atoms with Gasteiger partial charge in [0.25, 0.3) is 5.91 Å². The van der Waals surface area contributed by atoms with E-state index in [0.29, 0.717) is 48.9 Å². The summed E-state index contributed by atoms with van der Waals surface area (Å²) >= 11 is 1.45. The van der Waals surface area contributed by atoms with Gasteiger partial charge in [-0.2, -0.15) is 0 Å². The number of carbonyl (C=O) groups excluding carboxylic acids is 1. The third-order valence-electron chi connectivity index (χ3n) is 5.48. The number of benzene rings is 2. The van der Waals surface area contributed by atoms with Crippen LogP contribution in [0.1, 0.15) is 46.4 Å². The minimum absolute atomic E-state index is 0.151. The summed E-state index contributed by atoms with van der Waals surface area (Å²) in [5.41, 5.74) is 2.15. The summed E-state index contributed by atoms with van der Waals surface area (Å²) in [7, 11) is 3.23. The SMILES string of the molecule is CCCCNC(=O)c1csc(CN(CCc2ccc(OC)c(OC)c2)Cc2ccccc2F)n1. The van der Waals surface area contributed by atoms with Crippen molar-refractivity contribution in [2.75, 3.05) is 27.3 Å². The van der Waals surface area contributed by atoms with Crippen molar-refractivity contribution in [2.45, 2.75) is 39.3 Å². The van der Waals surface area contributed by atoms with Gasteiger partial charge in [-0.1, -0.05) is 37.6 Å². The first-order chi connectivity index (χ1) is 16.5. The number of nitrogens with one attached hydrogen (secondary N) is 1. The van der Waals surface area contributed by atoms with Crippen molar-refractivity contribution >= 4 is 17.2 Å². The molecule has 182 valence electrons. The highest BCUT2D eigenvalue weighted by Crippen LogP contribution is 2.28. The van der Waals surface area contributed by atoms with Crippen LogP contribution in [-0.4, -0.2) is 43.1 Å². The standard InChI is InChI=1S/C26H32FN3O3S/c1-4-5-13-28-26(31)22-18-34-25(29-22)17-30(16-20-8-6-7-9-21(20)27)14-12-19-10-11-23(32-2)24(15-19)33-3/h6-11,15,18H,4-5,12-14,16-17H2,1-3H3,(H,28,31). The number of amides is 1. The maximum absolute atomic E-state index is 14.4. The Hall–Kier alpha value is -2.97. The van der Waals surface area contributed by atoms with Crippen LogP contribution in [-0.2, 0) is 19.5 Å². The molecule has 3 aromatic rings. The molecule has 0 aliphatic carbocycles. The molecular weight excluding hydrogens is 453 g/mol. The lowest BCUT2D eigenvalue weighted by Crippen LogP contribution is -2.26. The van der Waals surface area contributed by atoms with Crippen molar-refractivity contribution in [2.24, 2.45) is 0 Å². The van der Waals surface area contributed by atoms with Gasteiger partial charge in [0.05, 0.1) is 20.8 Å². The van der Waals surface area contributed by atoms with Crippen molar-refractivity contribution in [3.05, 3.63) is 75.5 Å². The average Bonchev–Trinajstić information content (AvgIpc) is 3.32. The first kappa shape index (κ1) is 25.6. The van der Waals surface area contributed by atoms with E-state index in [1.807, 2.05) is 24.3 Å². The molecule has 0 aliphatic rings. The normalized spacial score (nSPS) is 11.0. The fraction of sp³-hybridized carbons (Fsp3) is 0.385. The molecule has 0 bridgehead atoms. The van der Waals surface area contributed by atoms with Crippen LogP contribution >= 0.6 is 11.3 Å². The third kappa shape index (κ3) is 7.27. The zero-order valence-electron chi connectivity index (χ0n) is 20.0. The zero-order valence-corrected chi connectivity index (χ0v) is 20.8. The first-order valence-corrected chi connectivity index (χ1v) is 12.3. The molecule has 0 radical (unpaired) electrons. The second-order valence-electron chi connectivity index (χ2n) is 7.98. The first-order valence-electron chi connectivity index (χ1n) is 11.4. The molecule has 0 aliphatic heterocycles. The van der Waals surface area contributed by atoms with E-state index < -0.39 is 0 Å². The molecule has 0 saturated heterocycles. The maximum Gasteiger partial charge on any atom is 0.270 e. The molecule has 3 rings (SSSR count). The molecule has 0 spiro atoms. The highest BCUT2D eigenvalue weighted by molar-refractivity contribution is 7.09. The summed E-state index contributed by atoms with van der Waals surface area (Å²) < 4.78 is 25.1. The van der Waals surface area contributed by atoms with Gasteiger partial charge in [-0.25, -0.2) is 9.37 Å². The fourth-order valence-corrected chi connectivity index (χ4v) is 4.37. The summed E-state index contributed by atoms with van der Waals surface area (Å²) in [6, 6.07) is 12.7.